The minimum atomic E-state index is -0.687. The molecule has 1 aliphatic heterocycles. The number of rotatable bonds is 3. The van der Waals surface area contributed by atoms with E-state index in [4.69, 9.17) is 23.7 Å². The number of piperidine rings is 1. The van der Waals surface area contributed by atoms with Crippen molar-refractivity contribution in [3.8, 4) is 0 Å². The van der Waals surface area contributed by atoms with Gasteiger partial charge in [0.25, 0.3) is 0 Å². The van der Waals surface area contributed by atoms with Crippen LogP contribution < -0.4 is 11.5 Å². The third-order valence-corrected chi connectivity index (χ3v) is 5.09. The monoisotopic (exact) mass is 297 g/mol. The molecule has 0 radical (unpaired) electrons. The van der Waals surface area contributed by atoms with Gasteiger partial charge in [-0.25, -0.2) is 0 Å². The Hall–Kier alpha value is -1.17. The van der Waals surface area contributed by atoms with Crippen molar-refractivity contribution in [2.45, 2.75) is 44.9 Å². The van der Waals surface area contributed by atoms with Crippen molar-refractivity contribution in [2.24, 2.45) is 22.8 Å². The highest BCUT2D eigenvalue weighted by Crippen LogP contribution is 2.39. The Labute approximate surface area is 125 Å². The molecule has 4 N–H and O–H groups in total. The van der Waals surface area contributed by atoms with E-state index in [1.807, 2.05) is 0 Å². The molecule has 1 saturated heterocycles. The van der Waals surface area contributed by atoms with Crippen molar-refractivity contribution < 1.29 is 9.59 Å². The average molecular weight is 297 g/mol. The lowest BCUT2D eigenvalue weighted by Gasteiger charge is -2.41. The first-order valence-corrected chi connectivity index (χ1v) is 7.77. The van der Waals surface area contributed by atoms with E-state index in [0.717, 1.165) is 44.9 Å². The number of likely N-dealkylation sites (tertiary alicyclic amines) is 1. The third-order valence-electron chi connectivity index (χ3n) is 4.70. The van der Waals surface area contributed by atoms with E-state index in [-0.39, 0.29) is 17.7 Å². The topological polar surface area (TPSA) is 89.4 Å². The van der Waals surface area contributed by atoms with Gasteiger partial charge in [0.1, 0.15) is 0 Å². The summed E-state index contributed by atoms with van der Waals surface area (Å²) in [5.74, 6) is -0.550. The lowest BCUT2D eigenvalue weighted by molar-refractivity contribution is -0.142. The fraction of sp³-hybridized carbons (Fsp3) is 0.786. The molecule has 0 aromatic heterocycles. The first-order chi connectivity index (χ1) is 9.47. The first-order valence-electron chi connectivity index (χ1n) is 7.36. The van der Waals surface area contributed by atoms with Crippen molar-refractivity contribution in [3.63, 3.8) is 0 Å². The highest BCUT2D eigenvalue weighted by molar-refractivity contribution is 7.80. The number of carbonyl (C=O) groups is 2. The van der Waals surface area contributed by atoms with Crippen LogP contribution in [0.4, 0.5) is 0 Å². The van der Waals surface area contributed by atoms with Gasteiger partial charge in [-0.05, 0) is 25.7 Å². The van der Waals surface area contributed by atoms with Crippen LogP contribution >= 0.6 is 12.2 Å². The van der Waals surface area contributed by atoms with Gasteiger partial charge in [-0.15, -0.1) is 0 Å². The molecule has 0 bridgehead atoms. The highest BCUT2D eigenvalue weighted by Gasteiger charge is 2.45. The molecule has 6 heteroatoms. The molecule has 1 aliphatic carbocycles. The second-order valence-corrected chi connectivity index (χ2v) is 6.44. The Morgan fingerprint density at radius 1 is 1.10 bits per heavy atom. The molecule has 2 rings (SSSR count). The van der Waals surface area contributed by atoms with Crippen molar-refractivity contribution >= 4 is 29.0 Å². The van der Waals surface area contributed by atoms with Gasteiger partial charge in [0.15, 0.2) is 0 Å². The second kappa shape index (κ2) is 6.08. The zero-order chi connectivity index (χ0) is 14.8. The molecule has 112 valence electrons. The SMILES string of the molecule is NC(=O)C1CCCN(C(=O)C2(C(N)=S)CCCCC2)C1. The molecule has 5 nitrogen and oxygen atoms in total. The average Bonchev–Trinajstić information content (AvgIpc) is 2.47. The summed E-state index contributed by atoms with van der Waals surface area (Å²) in [6, 6.07) is 0. The van der Waals surface area contributed by atoms with Gasteiger partial charge in [0.2, 0.25) is 11.8 Å². The van der Waals surface area contributed by atoms with Crippen LogP contribution in [0, 0.1) is 11.3 Å². The van der Waals surface area contributed by atoms with E-state index < -0.39 is 5.41 Å². The van der Waals surface area contributed by atoms with E-state index in [9.17, 15) is 9.59 Å². The van der Waals surface area contributed by atoms with Crippen molar-refractivity contribution in [3.05, 3.63) is 0 Å². The fourth-order valence-electron chi connectivity index (χ4n) is 3.42. The number of primary amides is 1. The Balaban J connectivity index is 2.15. The highest BCUT2D eigenvalue weighted by atomic mass is 32.1. The van der Waals surface area contributed by atoms with E-state index in [1.165, 1.54) is 0 Å². The maximum absolute atomic E-state index is 12.9. The molecule has 2 amide bonds. The van der Waals surface area contributed by atoms with Gasteiger partial charge in [0, 0.05) is 13.1 Å². The maximum Gasteiger partial charge on any atom is 0.235 e. The number of amides is 2. The Kier molecular flexibility index (Phi) is 4.62. The Morgan fingerprint density at radius 2 is 1.75 bits per heavy atom. The fourth-order valence-corrected chi connectivity index (χ4v) is 3.71. The van der Waals surface area contributed by atoms with Crippen LogP contribution in [0.2, 0.25) is 0 Å². The van der Waals surface area contributed by atoms with Crippen LogP contribution in [0.15, 0.2) is 0 Å². The second-order valence-electron chi connectivity index (χ2n) is 6.00. The summed E-state index contributed by atoms with van der Waals surface area (Å²) in [6.07, 6.45) is 6.14. The standard InChI is InChI=1S/C14H23N3O2S/c15-11(18)10-5-4-8-17(9-10)13(19)14(12(16)20)6-2-1-3-7-14/h10H,1-9H2,(H2,15,18)(H2,16,20). The zero-order valence-corrected chi connectivity index (χ0v) is 12.6. The van der Waals surface area contributed by atoms with Crippen molar-refractivity contribution in [2.75, 3.05) is 13.1 Å². The summed E-state index contributed by atoms with van der Waals surface area (Å²) in [4.78, 5) is 26.3. The van der Waals surface area contributed by atoms with Gasteiger partial charge in [-0.2, -0.15) is 0 Å². The van der Waals surface area contributed by atoms with Gasteiger partial charge in [-0.1, -0.05) is 31.5 Å². The quantitative estimate of drug-likeness (QED) is 0.759. The number of nitrogens with zero attached hydrogens (tertiary/aromatic N) is 1. The van der Waals surface area contributed by atoms with E-state index >= 15 is 0 Å². The molecule has 2 aliphatic rings. The molecular formula is C14H23N3O2S. The van der Waals surface area contributed by atoms with Crippen LogP contribution in [0.1, 0.15) is 44.9 Å². The Bertz CT molecular complexity index is 419. The summed E-state index contributed by atoms with van der Waals surface area (Å²) in [6.45, 7) is 1.09. The molecule has 0 spiro atoms. The van der Waals surface area contributed by atoms with Crippen LogP contribution in [-0.2, 0) is 9.59 Å². The van der Waals surface area contributed by atoms with Crippen LogP contribution in [0.5, 0.6) is 0 Å². The largest absolute Gasteiger partial charge is 0.392 e. The van der Waals surface area contributed by atoms with Gasteiger partial charge < -0.3 is 16.4 Å². The molecule has 1 atom stereocenters. The minimum absolute atomic E-state index is 0.00986. The lowest BCUT2D eigenvalue weighted by atomic mass is 9.72. The van der Waals surface area contributed by atoms with Crippen LogP contribution in [0.3, 0.4) is 0 Å². The lowest BCUT2D eigenvalue weighted by Crippen LogP contribution is -2.54. The predicted octanol–water partition coefficient (Wildman–Crippen LogP) is 0.947. The molecule has 1 heterocycles. The number of thiocarbonyl (C=S) groups is 1. The van der Waals surface area contributed by atoms with E-state index in [1.54, 1.807) is 4.90 Å². The molecule has 0 aromatic carbocycles. The van der Waals surface area contributed by atoms with Crippen LogP contribution in [0.25, 0.3) is 0 Å². The third kappa shape index (κ3) is 2.80. The molecule has 2 fully saturated rings. The Morgan fingerprint density at radius 3 is 2.30 bits per heavy atom. The number of nitrogens with two attached hydrogens (primary N) is 2. The zero-order valence-electron chi connectivity index (χ0n) is 11.8. The number of carbonyl (C=O) groups excluding carboxylic acids is 2. The number of hydrogen-bond acceptors (Lipinski definition) is 3. The number of hydrogen-bond donors (Lipinski definition) is 2. The maximum atomic E-state index is 12.9. The predicted molar refractivity (Wildman–Crippen MR) is 80.8 cm³/mol. The minimum Gasteiger partial charge on any atom is -0.392 e. The first kappa shape index (κ1) is 15.2. The molecular weight excluding hydrogens is 274 g/mol. The summed E-state index contributed by atoms with van der Waals surface area (Å²) >= 11 is 5.19. The van der Waals surface area contributed by atoms with E-state index in [2.05, 4.69) is 0 Å². The van der Waals surface area contributed by atoms with Gasteiger partial charge >= 0.3 is 0 Å². The van der Waals surface area contributed by atoms with Crippen molar-refractivity contribution in [1.82, 2.24) is 4.90 Å². The summed E-state index contributed by atoms with van der Waals surface area (Å²) in [5.41, 5.74) is 10.6. The van der Waals surface area contributed by atoms with Crippen LogP contribution in [-0.4, -0.2) is 34.8 Å². The van der Waals surface area contributed by atoms with Crippen molar-refractivity contribution in [1.29, 1.82) is 0 Å². The van der Waals surface area contributed by atoms with Gasteiger partial charge in [-0.3, -0.25) is 9.59 Å². The molecule has 1 saturated carbocycles. The normalized spacial score (nSPS) is 26.0. The summed E-state index contributed by atoms with van der Waals surface area (Å²) in [7, 11) is 0. The molecule has 20 heavy (non-hydrogen) atoms. The molecule has 0 aromatic rings. The smallest absolute Gasteiger partial charge is 0.235 e. The van der Waals surface area contributed by atoms with E-state index in [0.29, 0.717) is 18.1 Å². The van der Waals surface area contributed by atoms with Gasteiger partial charge in [0.05, 0.1) is 16.3 Å². The molecule has 1 unspecified atom stereocenters. The summed E-state index contributed by atoms with van der Waals surface area (Å²) < 4.78 is 0. The summed E-state index contributed by atoms with van der Waals surface area (Å²) in [5, 5.41) is 0.